The largest absolute Gasteiger partial charge is 0.481 e. The number of aryl methyl sites for hydroxylation is 2. The molecule has 1 aliphatic carbocycles. The van der Waals surface area contributed by atoms with E-state index in [1.165, 1.54) is 11.1 Å². The van der Waals surface area contributed by atoms with Gasteiger partial charge in [0.05, 0.1) is 12.5 Å². The summed E-state index contributed by atoms with van der Waals surface area (Å²) < 4.78 is 0. The van der Waals surface area contributed by atoms with Crippen LogP contribution in [0.4, 0.5) is 0 Å². The van der Waals surface area contributed by atoms with Gasteiger partial charge in [-0.25, -0.2) is 0 Å². The number of hydrogen-bond donors (Lipinski definition) is 2. The first-order valence-corrected chi connectivity index (χ1v) is 7.58. The maximum absolute atomic E-state index is 12.6. The highest BCUT2D eigenvalue weighted by Gasteiger charge is 2.24. The number of aliphatic carboxylic acids is 1. The number of Topliss-reactive ketones (excluding diaryl/α,β-unsaturated/α-hetero) is 1. The van der Waals surface area contributed by atoms with Crippen LogP contribution in [0.1, 0.15) is 48.2 Å². The van der Waals surface area contributed by atoms with Crippen molar-refractivity contribution in [3.8, 4) is 0 Å². The van der Waals surface area contributed by atoms with Crippen molar-refractivity contribution in [3.63, 3.8) is 0 Å². The van der Waals surface area contributed by atoms with Gasteiger partial charge in [0, 0.05) is 5.56 Å². The van der Waals surface area contributed by atoms with Crippen LogP contribution in [-0.2, 0) is 17.6 Å². The Balaban J connectivity index is 2.14. The third kappa shape index (κ3) is 4.14. The molecule has 0 aromatic heterocycles. The number of carboxylic acid groups (broad SMARTS) is 1. The monoisotopic (exact) mass is 289 g/mol. The van der Waals surface area contributed by atoms with E-state index in [4.69, 9.17) is 5.11 Å². The molecule has 0 aliphatic heterocycles. The molecule has 2 rings (SSSR count). The minimum Gasteiger partial charge on any atom is -0.481 e. The molecule has 4 heteroatoms. The molecule has 2 N–H and O–H groups in total. The Hall–Kier alpha value is -1.68. The lowest BCUT2D eigenvalue weighted by atomic mass is 9.97. The van der Waals surface area contributed by atoms with Crippen molar-refractivity contribution in [1.29, 1.82) is 0 Å². The van der Waals surface area contributed by atoms with E-state index >= 15 is 0 Å². The summed E-state index contributed by atoms with van der Waals surface area (Å²) >= 11 is 0. The Labute approximate surface area is 125 Å². The molecule has 0 heterocycles. The molecule has 0 amide bonds. The molecule has 1 atom stereocenters. The Morgan fingerprint density at radius 3 is 2.62 bits per heavy atom. The summed E-state index contributed by atoms with van der Waals surface area (Å²) in [5.74, 6) is -0.701. The van der Waals surface area contributed by atoms with Crippen molar-refractivity contribution in [3.05, 3.63) is 34.9 Å². The molecule has 114 valence electrons. The van der Waals surface area contributed by atoms with E-state index < -0.39 is 12.0 Å². The van der Waals surface area contributed by atoms with Gasteiger partial charge in [0.2, 0.25) is 0 Å². The van der Waals surface area contributed by atoms with Crippen molar-refractivity contribution < 1.29 is 14.7 Å². The first-order valence-electron chi connectivity index (χ1n) is 7.58. The number of benzene rings is 1. The number of carbonyl (C=O) groups is 2. The van der Waals surface area contributed by atoms with Gasteiger partial charge in [-0.2, -0.15) is 0 Å². The summed E-state index contributed by atoms with van der Waals surface area (Å²) in [5.41, 5.74) is 3.17. The number of hydrogen-bond acceptors (Lipinski definition) is 3. The second-order valence-electron chi connectivity index (χ2n) is 6.15. The van der Waals surface area contributed by atoms with E-state index in [2.05, 4.69) is 5.32 Å². The van der Waals surface area contributed by atoms with Gasteiger partial charge in [-0.05, 0) is 48.9 Å². The predicted molar refractivity (Wildman–Crippen MR) is 81.7 cm³/mol. The van der Waals surface area contributed by atoms with Gasteiger partial charge in [-0.1, -0.05) is 26.0 Å². The van der Waals surface area contributed by atoms with Gasteiger partial charge in [0.15, 0.2) is 5.78 Å². The second-order valence-corrected chi connectivity index (χ2v) is 6.15. The summed E-state index contributed by atoms with van der Waals surface area (Å²) in [4.78, 5) is 23.6. The maximum Gasteiger partial charge on any atom is 0.305 e. The molecule has 4 nitrogen and oxygen atoms in total. The highest BCUT2D eigenvalue weighted by Crippen LogP contribution is 2.23. The van der Waals surface area contributed by atoms with Gasteiger partial charge in [0.1, 0.15) is 0 Å². The number of carbonyl (C=O) groups excluding carboxylic acids is 1. The molecule has 1 aromatic rings. The lowest BCUT2D eigenvalue weighted by Gasteiger charge is -2.18. The Bertz CT molecular complexity index is 537. The SMILES string of the molecule is CC(C)CNC(CC(=O)O)C(=O)c1ccc2c(c1)CCC2. The third-order valence-electron chi connectivity index (χ3n) is 3.85. The van der Waals surface area contributed by atoms with Crippen molar-refractivity contribution in [2.24, 2.45) is 5.92 Å². The van der Waals surface area contributed by atoms with Crippen molar-refractivity contribution in [2.45, 2.75) is 45.6 Å². The van der Waals surface area contributed by atoms with E-state index in [9.17, 15) is 9.59 Å². The number of ketones is 1. The third-order valence-corrected chi connectivity index (χ3v) is 3.85. The summed E-state index contributed by atoms with van der Waals surface area (Å²) in [5, 5.41) is 12.1. The molecular weight excluding hydrogens is 266 g/mol. The van der Waals surface area contributed by atoms with Crippen molar-refractivity contribution in [2.75, 3.05) is 6.54 Å². The molecule has 0 fully saturated rings. The topological polar surface area (TPSA) is 66.4 Å². The smallest absolute Gasteiger partial charge is 0.305 e. The standard InChI is InChI=1S/C17H23NO3/c1-11(2)10-18-15(9-16(19)20)17(21)14-7-6-12-4-3-5-13(12)8-14/h6-8,11,15,18H,3-5,9-10H2,1-2H3,(H,19,20). The fourth-order valence-corrected chi connectivity index (χ4v) is 2.74. The minimum absolute atomic E-state index is 0.118. The highest BCUT2D eigenvalue weighted by atomic mass is 16.4. The number of fused-ring (bicyclic) bond motifs is 1. The van der Waals surface area contributed by atoms with Crippen LogP contribution in [0, 0.1) is 5.92 Å². The van der Waals surface area contributed by atoms with Gasteiger partial charge in [0.25, 0.3) is 0 Å². The molecule has 21 heavy (non-hydrogen) atoms. The van der Waals surface area contributed by atoms with Gasteiger partial charge >= 0.3 is 5.97 Å². The number of nitrogens with one attached hydrogen (secondary N) is 1. The average molecular weight is 289 g/mol. The molecule has 0 saturated heterocycles. The summed E-state index contributed by atoms with van der Waals surface area (Å²) in [6.07, 6.45) is 3.05. The average Bonchev–Trinajstić information content (AvgIpc) is 2.89. The molecule has 0 radical (unpaired) electrons. The molecule has 1 aliphatic rings. The van der Waals surface area contributed by atoms with Crippen molar-refractivity contribution >= 4 is 11.8 Å². The molecule has 1 unspecified atom stereocenters. The number of rotatable bonds is 7. The summed E-state index contributed by atoms with van der Waals surface area (Å²) in [6, 6.07) is 5.13. The molecule has 0 saturated carbocycles. The quantitative estimate of drug-likeness (QED) is 0.757. The number of carboxylic acids is 1. The zero-order chi connectivity index (χ0) is 15.4. The van der Waals surface area contributed by atoms with Crippen LogP contribution in [-0.4, -0.2) is 29.4 Å². The van der Waals surface area contributed by atoms with Crippen LogP contribution in [0.5, 0.6) is 0 Å². The van der Waals surface area contributed by atoms with Crippen molar-refractivity contribution in [1.82, 2.24) is 5.32 Å². The van der Waals surface area contributed by atoms with E-state index in [-0.39, 0.29) is 12.2 Å². The first kappa shape index (κ1) is 15.7. The Morgan fingerprint density at radius 1 is 1.24 bits per heavy atom. The second kappa shape index (κ2) is 6.85. The summed E-state index contributed by atoms with van der Waals surface area (Å²) in [7, 11) is 0. The molecular formula is C17H23NO3. The Morgan fingerprint density at radius 2 is 1.95 bits per heavy atom. The lowest BCUT2D eigenvalue weighted by Crippen LogP contribution is -2.40. The van der Waals surface area contributed by atoms with Gasteiger partial charge in [-0.3, -0.25) is 9.59 Å². The Kier molecular flexibility index (Phi) is 5.12. The molecule has 1 aromatic carbocycles. The summed E-state index contributed by atoms with van der Waals surface area (Å²) in [6.45, 7) is 4.70. The minimum atomic E-state index is -0.953. The van der Waals surface area contributed by atoms with Gasteiger partial charge < -0.3 is 10.4 Å². The normalized spacial score (nSPS) is 15.0. The van der Waals surface area contributed by atoms with E-state index in [0.29, 0.717) is 18.0 Å². The zero-order valence-corrected chi connectivity index (χ0v) is 12.7. The van der Waals surface area contributed by atoms with E-state index in [1.807, 2.05) is 32.0 Å². The van der Waals surface area contributed by atoms with Crippen LogP contribution in [0.3, 0.4) is 0 Å². The van der Waals surface area contributed by atoms with Crippen LogP contribution >= 0.6 is 0 Å². The first-order chi connectivity index (χ1) is 9.97. The van der Waals surface area contributed by atoms with Crippen LogP contribution < -0.4 is 5.32 Å². The predicted octanol–water partition coefficient (Wildman–Crippen LogP) is 2.45. The fraction of sp³-hybridized carbons (Fsp3) is 0.529. The fourth-order valence-electron chi connectivity index (χ4n) is 2.74. The lowest BCUT2D eigenvalue weighted by molar-refractivity contribution is -0.137. The van der Waals surface area contributed by atoms with E-state index in [1.54, 1.807) is 0 Å². The van der Waals surface area contributed by atoms with E-state index in [0.717, 1.165) is 19.3 Å². The van der Waals surface area contributed by atoms with Crippen LogP contribution in [0.15, 0.2) is 18.2 Å². The molecule has 0 bridgehead atoms. The van der Waals surface area contributed by atoms with Crippen LogP contribution in [0.2, 0.25) is 0 Å². The zero-order valence-electron chi connectivity index (χ0n) is 12.7. The van der Waals surface area contributed by atoms with Crippen LogP contribution in [0.25, 0.3) is 0 Å². The molecule has 0 spiro atoms. The highest BCUT2D eigenvalue weighted by molar-refractivity contribution is 6.02. The maximum atomic E-state index is 12.6. The van der Waals surface area contributed by atoms with Gasteiger partial charge in [-0.15, -0.1) is 0 Å².